The van der Waals surface area contributed by atoms with Gasteiger partial charge >= 0.3 is 11.9 Å². The van der Waals surface area contributed by atoms with Gasteiger partial charge in [-0.15, -0.1) is 12.6 Å². The number of nitrogens with zero attached hydrogens (tertiary/aromatic N) is 1. The van der Waals surface area contributed by atoms with Gasteiger partial charge in [0.1, 0.15) is 5.70 Å². The van der Waals surface area contributed by atoms with Crippen molar-refractivity contribution in [3.63, 3.8) is 0 Å². The normalized spacial score (nSPS) is 25.0. The second-order valence-electron chi connectivity index (χ2n) is 6.77. The van der Waals surface area contributed by atoms with Crippen LogP contribution in [0.15, 0.2) is 10.6 Å². The summed E-state index contributed by atoms with van der Waals surface area (Å²) in [5, 5.41) is 9.61. The quantitative estimate of drug-likeness (QED) is 0.340. The second kappa shape index (κ2) is 6.16. The topological polar surface area (TPSA) is 93.1 Å². The molecule has 7 nitrogen and oxygen atoms in total. The average Bonchev–Trinajstić information content (AvgIpc) is 2.70. The van der Waals surface area contributed by atoms with E-state index in [2.05, 4.69) is 12.6 Å². The zero-order chi connectivity index (χ0) is 17.5. The molecule has 0 spiro atoms. The van der Waals surface area contributed by atoms with Gasteiger partial charge in [0.25, 0.3) is 0 Å². The highest BCUT2D eigenvalue weighted by Gasteiger charge is 2.56. The minimum atomic E-state index is -0.784. The molecule has 1 N–H and O–H groups in total. The number of carbonyl (C=O) groups excluding carboxylic acids is 3. The number of carbonyl (C=O) groups is 3. The lowest BCUT2D eigenvalue weighted by Gasteiger charge is -2.44. The second-order valence-corrected chi connectivity index (χ2v) is 7.31. The first-order valence-electron chi connectivity index (χ1n) is 7.33. The first-order chi connectivity index (χ1) is 10.6. The number of fused-ring (bicyclic) bond motifs is 1. The van der Waals surface area contributed by atoms with E-state index in [-0.39, 0.29) is 17.6 Å². The molecule has 0 aromatic rings. The number of aliphatic hydroxyl groups excluding tert-OH is 1. The Morgan fingerprint density at radius 2 is 2.00 bits per heavy atom. The van der Waals surface area contributed by atoms with Crippen LogP contribution in [0.2, 0.25) is 0 Å². The summed E-state index contributed by atoms with van der Waals surface area (Å²) in [5.74, 6) is -2.12. The van der Waals surface area contributed by atoms with Crippen LogP contribution in [0.5, 0.6) is 0 Å². The molecule has 2 rings (SSSR count). The van der Waals surface area contributed by atoms with Gasteiger partial charge in [-0.2, -0.15) is 0 Å². The molecule has 2 heterocycles. The lowest BCUT2D eigenvalue weighted by molar-refractivity contribution is -0.175. The van der Waals surface area contributed by atoms with E-state index in [1.807, 2.05) is 0 Å². The van der Waals surface area contributed by atoms with Crippen molar-refractivity contribution in [1.82, 2.24) is 4.90 Å². The third-order valence-electron chi connectivity index (χ3n) is 3.89. The molecule has 23 heavy (non-hydrogen) atoms. The number of hydrogen-bond acceptors (Lipinski definition) is 7. The van der Waals surface area contributed by atoms with Gasteiger partial charge in [0, 0.05) is 11.3 Å². The smallest absolute Gasteiger partial charge is 0.358 e. The van der Waals surface area contributed by atoms with Crippen LogP contribution in [0.3, 0.4) is 0 Å². The number of thiol groups is 1. The van der Waals surface area contributed by atoms with E-state index in [9.17, 15) is 19.5 Å². The largest absolute Gasteiger partial charge is 0.427 e. The van der Waals surface area contributed by atoms with E-state index in [0.717, 1.165) is 0 Å². The molecule has 0 saturated carbocycles. The highest BCUT2D eigenvalue weighted by Crippen LogP contribution is 2.44. The van der Waals surface area contributed by atoms with Gasteiger partial charge in [0.2, 0.25) is 12.7 Å². The molecule has 0 aromatic carbocycles. The Labute approximate surface area is 140 Å². The molecule has 8 heteroatoms. The lowest BCUT2D eigenvalue weighted by Crippen LogP contribution is -2.61. The highest BCUT2D eigenvalue weighted by molar-refractivity contribution is 7.84. The molecular weight excluding hydrogens is 322 g/mol. The van der Waals surface area contributed by atoms with Gasteiger partial charge in [-0.1, -0.05) is 0 Å². The van der Waals surface area contributed by atoms with Crippen LogP contribution in [-0.2, 0) is 23.9 Å². The van der Waals surface area contributed by atoms with E-state index in [4.69, 9.17) is 9.47 Å². The van der Waals surface area contributed by atoms with Crippen LogP contribution in [0.4, 0.5) is 0 Å². The Kier molecular flexibility index (Phi) is 4.77. The molecule has 0 bridgehead atoms. The first kappa shape index (κ1) is 17.8. The monoisotopic (exact) mass is 343 g/mol. The van der Waals surface area contributed by atoms with Crippen LogP contribution in [0.1, 0.15) is 34.1 Å². The SMILES string of the molecule is CC(O)C1C(=O)N2C(C(=O)OCOC(=O)C(C)(C)C)=C(S)CC12. The summed E-state index contributed by atoms with van der Waals surface area (Å²) in [5.41, 5.74) is -0.636. The van der Waals surface area contributed by atoms with Crippen molar-refractivity contribution >= 4 is 30.5 Å². The van der Waals surface area contributed by atoms with E-state index in [0.29, 0.717) is 11.3 Å². The van der Waals surface area contributed by atoms with E-state index in [1.54, 1.807) is 27.7 Å². The van der Waals surface area contributed by atoms with Gasteiger partial charge in [-0.3, -0.25) is 9.59 Å². The maximum atomic E-state index is 12.1. The number of amides is 1. The van der Waals surface area contributed by atoms with E-state index < -0.39 is 36.2 Å². The van der Waals surface area contributed by atoms with Crippen molar-refractivity contribution in [3.8, 4) is 0 Å². The van der Waals surface area contributed by atoms with Crippen molar-refractivity contribution in [2.45, 2.75) is 46.3 Å². The minimum absolute atomic E-state index is 0.0621. The summed E-state index contributed by atoms with van der Waals surface area (Å²) in [6.45, 7) is 6.07. The molecule has 3 unspecified atom stereocenters. The molecule has 1 saturated heterocycles. The van der Waals surface area contributed by atoms with Crippen LogP contribution in [0, 0.1) is 11.3 Å². The fraction of sp³-hybridized carbons (Fsp3) is 0.667. The molecule has 2 aliphatic heterocycles. The summed E-state index contributed by atoms with van der Waals surface area (Å²) in [6, 6.07) is -0.269. The summed E-state index contributed by atoms with van der Waals surface area (Å²) < 4.78 is 9.78. The van der Waals surface area contributed by atoms with Crippen molar-refractivity contribution in [3.05, 3.63) is 10.6 Å². The van der Waals surface area contributed by atoms with Crippen LogP contribution >= 0.6 is 12.6 Å². The van der Waals surface area contributed by atoms with Crippen molar-refractivity contribution in [2.24, 2.45) is 11.3 Å². The molecule has 1 amide bonds. The summed E-state index contributed by atoms with van der Waals surface area (Å²) >= 11 is 4.24. The van der Waals surface area contributed by atoms with Crippen LogP contribution in [0.25, 0.3) is 0 Å². The number of hydrogen-bond donors (Lipinski definition) is 2. The third kappa shape index (κ3) is 3.23. The predicted molar refractivity (Wildman–Crippen MR) is 82.9 cm³/mol. The average molecular weight is 343 g/mol. The predicted octanol–water partition coefficient (Wildman–Crippen LogP) is 0.829. The highest BCUT2D eigenvalue weighted by atomic mass is 32.1. The molecule has 0 aromatic heterocycles. The van der Waals surface area contributed by atoms with E-state index in [1.165, 1.54) is 4.90 Å². The van der Waals surface area contributed by atoms with Crippen molar-refractivity contribution in [2.75, 3.05) is 6.79 Å². The fourth-order valence-electron chi connectivity index (χ4n) is 2.66. The number of β-lactam (4-membered cyclic amide) rings is 1. The fourth-order valence-corrected chi connectivity index (χ4v) is 3.05. The Balaban J connectivity index is 1.95. The number of aliphatic hydroxyl groups is 1. The first-order valence-corrected chi connectivity index (χ1v) is 7.78. The Morgan fingerprint density at radius 1 is 1.39 bits per heavy atom. The maximum absolute atomic E-state index is 12.1. The zero-order valence-electron chi connectivity index (χ0n) is 13.5. The number of esters is 2. The summed E-state index contributed by atoms with van der Waals surface area (Å²) in [6.07, 6.45) is -0.385. The molecule has 128 valence electrons. The van der Waals surface area contributed by atoms with Crippen LogP contribution in [-0.4, -0.2) is 46.8 Å². The van der Waals surface area contributed by atoms with Gasteiger partial charge in [0.15, 0.2) is 0 Å². The molecule has 2 aliphatic rings. The molecular formula is C15H21NO6S. The van der Waals surface area contributed by atoms with E-state index >= 15 is 0 Å². The number of rotatable bonds is 4. The van der Waals surface area contributed by atoms with Crippen molar-refractivity contribution in [1.29, 1.82) is 0 Å². The molecule has 3 atom stereocenters. The molecule has 0 aliphatic carbocycles. The molecule has 0 radical (unpaired) electrons. The minimum Gasteiger partial charge on any atom is -0.427 e. The Hall–Kier alpha value is -1.54. The maximum Gasteiger partial charge on any atom is 0.358 e. The zero-order valence-corrected chi connectivity index (χ0v) is 14.4. The van der Waals surface area contributed by atoms with Crippen LogP contribution < -0.4 is 0 Å². The Bertz CT molecular complexity index is 577. The Morgan fingerprint density at radius 3 is 2.52 bits per heavy atom. The molecule has 1 fully saturated rings. The van der Waals surface area contributed by atoms with Crippen molar-refractivity contribution < 1.29 is 29.0 Å². The third-order valence-corrected chi connectivity index (χ3v) is 4.29. The lowest BCUT2D eigenvalue weighted by atomic mass is 9.83. The summed E-state index contributed by atoms with van der Waals surface area (Å²) in [7, 11) is 0. The van der Waals surface area contributed by atoms with Gasteiger partial charge in [-0.05, 0) is 27.7 Å². The standard InChI is InChI=1S/C15H21NO6S/c1-7(17)10-8-5-9(23)11(16(8)12(10)18)13(19)21-6-22-14(20)15(2,3)4/h7-8,10,17,23H,5-6H2,1-4H3. The van der Waals surface area contributed by atoms with Gasteiger partial charge in [-0.25, -0.2) is 4.79 Å². The van der Waals surface area contributed by atoms with Gasteiger partial charge in [0.05, 0.1) is 23.5 Å². The summed E-state index contributed by atoms with van der Waals surface area (Å²) in [4.78, 5) is 37.5. The van der Waals surface area contributed by atoms with Gasteiger partial charge < -0.3 is 19.5 Å². The number of ether oxygens (including phenoxy) is 2.